The summed E-state index contributed by atoms with van der Waals surface area (Å²) < 4.78 is 27.7. The van der Waals surface area contributed by atoms with Gasteiger partial charge in [0.2, 0.25) is 0 Å². The summed E-state index contributed by atoms with van der Waals surface area (Å²) in [5, 5.41) is 2.60. The third-order valence-corrected chi connectivity index (χ3v) is 6.43. The third-order valence-electron chi connectivity index (χ3n) is 4.64. The Morgan fingerprint density at radius 3 is 2.29 bits per heavy atom. The zero-order valence-corrected chi connectivity index (χ0v) is 16.7. The molecule has 1 N–H and O–H groups in total. The molecule has 3 rings (SSSR count). The lowest BCUT2D eigenvalue weighted by molar-refractivity contribution is 0.102. The maximum absolute atomic E-state index is 12.9. The predicted octanol–water partition coefficient (Wildman–Crippen LogP) is 2.53. The fraction of sp³-hybridized carbons (Fsp3) is 0.200. The number of nitrogens with zero attached hydrogens (tertiary/aromatic N) is 2. The molecule has 0 spiro atoms. The van der Waals surface area contributed by atoms with Crippen molar-refractivity contribution in [2.75, 3.05) is 11.1 Å². The van der Waals surface area contributed by atoms with Crippen LogP contribution in [0.5, 0.6) is 0 Å². The molecule has 0 aliphatic rings. The Bertz CT molecular complexity index is 1190. The number of hydrogen-bond donors (Lipinski definition) is 1. The van der Waals surface area contributed by atoms with Crippen LogP contribution in [0.2, 0.25) is 0 Å². The fourth-order valence-corrected chi connectivity index (χ4v) is 4.07. The zero-order chi connectivity index (χ0) is 20.5. The van der Waals surface area contributed by atoms with E-state index in [-0.39, 0.29) is 21.9 Å². The van der Waals surface area contributed by atoms with Gasteiger partial charge in [0, 0.05) is 7.05 Å². The Balaban J connectivity index is 2.05. The van der Waals surface area contributed by atoms with Crippen LogP contribution in [0.25, 0.3) is 5.69 Å². The van der Waals surface area contributed by atoms with Crippen molar-refractivity contribution in [2.45, 2.75) is 18.7 Å². The summed E-state index contributed by atoms with van der Waals surface area (Å²) in [4.78, 5) is 25.7. The van der Waals surface area contributed by atoms with Crippen LogP contribution in [0.1, 0.15) is 23.0 Å². The van der Waals surface area contributed by atoms with Gasteiger partial charge >= 0.3 is 0 Å². The summed E-state index contributed by atoms with van der Waals surface area (Å²) in [6, 6.07) is 15.0. The lowest BCUT2D eigenvalue weighted by atomic mass is 10.2. The lowest BCUT2D eigenvalue weighted by Crippen LogP contribution is -2.24. The summed E-state index contributed by atoms with van der Waals surface area (Å²) in [5.41, 5.74) is 0.944. The molecule has 1 heterocycles. The van der Waals surface area contributed by atoms with Gasteiger partial charge in [-0.2, -0.15) is 0 Å². The number of carbonyl (C=O) groups excluding carboxylic acids is 1. The second-order valence-corrected chi connectivity index (χ2v) is 8.54. The average molecular weight is 399 g/mol. The molecule has 146 valence electrons. The highest BCUT2D eigenvalue weighted by molar-refractivity contribution is 7.91. The molecular formula is C20H21N3O4S. The highest BCUT2D eigenvalue weighted by Crippen LogP contribution is 2.20. The van der Waals surface area contributed by atoms with E-state index in [0.29, 0.717) is 11.4 Å². The highest BCUT2D eigenvalue weighted by Gasteiger charge is 2.23. The molecule has 1 aromatic heterocycles. The number of benzene rings is 2. The normalized spacial score (nSPS) is 11.4. The van der Waals surface area contributed by atoms with E-state index in [1.165, 1.54) is 23.7 Å². The second kappa shape index (κ2) is 7.47. The zero-order valence-electron chi connectivity index (χ0n) is 15.8. The number of anilines is 1. The van der Waals surface area contributed by atoms with E-state index in [2.05, 4.69) is 5.32 Å². The van der Waals surface area contributed by atoms with Crippen molar-refractivity contribution in [2.24, 2.45) is 7.05 Å². The van der Waals surface area contributed by atoms with Gasteiger partial charge in [-0.05, 0) is 31.2 Å². The lowest BCUT2D eigenvalue weighted by Gasteiger charge is -2.09. The largest absolute Gasteiger partial charge is 0.316 e. The first-order valence-electron chi connectivity index (χ1n) is 8.75. The number of hydrogen-bond acceptors (Lipinski definition) is 4. The van der Waals surface area contributed by atoms with Crippen molar-refractivity contribution in [3.05, 3.63) is 76.2 Å². The van der Waals surface area contributed by atoms with Crippen LogP contribution in [-0.4, -0.2) is 29.4 Å². The van der Waals surface area contributed by atoms with E-state index in [1.54, 1.807) is 42.9 Å². The standard InChI is InChI=1S/C20H21N3O4S/c1-4-28(26,27)17-13-9-8-12-16(17)19(24)21-18-14(2)22(3)23(20(18)25)15-10-6-5-7-11-15/h5-13H,4H2,1-3H3,(H,21,24). The number of carbonyl (C=O) groups is 1. The molecule has 0 aliphatic carbocycles. The average Bonchev–Trinajstić information content (AvgIpc) is 2.91. The van der Waals surface area contributed by atoms with Crippen molar-refractivity contribution >= 4 is 21.4 Å². The number of nitrogens with one attached hydrogen (secondary N) is 1. The Labute approximate surface area is 163 Å². The smallest absolute Gasteiger partial charge is 0.295 e. The fourth-order valence-electron chi connectivity index (χ4n) is 2.97. The van der Waals surface area contributed by atoms with Crippen LogP contribution in [0.3, 0.4) is 0 Å². The van der Waals surface area contributed by atoms with Gasteiger partial charge in [-0.15, -0.1) is 0 Å². The van der Waals surface area contributed by atoms with Crippen LogP contribution in [0.15, 0.2) is 64.3 Å². The van der Waals surface area contributed by atoms with E-state index in [4.69, 9.17) is 0 Å². The first-order valence-corrected chi connectivity index (χ1v) is 10.4. The summed E-state index contributed by atoms with van der Waals surface area (Å²) in [7, 11) is -1.86. The Kier molecular flexibility index (Phi) is 5.24. The molecule has 8 heteroatoms. The van der Waals surface area contributed by atoms with Crippen LogP contribution in [0, 0.1) is 6.92 Å². The van der Waals surface area contributed by atoms with Crippen LogP contribution < -0.4 is 10.9 Å². The molecule has 2 aromatic carbocycles. The Morgan fingerprint density at radius 2 is 1.64 bits per heavy atom. The van der Waals surface area contributed by atoms with Gasteiger partial charge in [-0.3, -0.25) is 14.3 Å². The van der Waals surface area contributed by atoms with Gasteiger partial charge in [0.25, 0.3) is 11.5 Å². The molecular weight excluding hydrogens is 378 g/mol. The first-order chi connectivity index (χ1) is 13.3. The molecule has 0 atom stereocenters. The van der Waals surface area contributed by atoms with Gasteiger partial charge in [0.1, 0.15) is 5.69 Å². The molecule has 0 radical (unpaired) electrons. The van der Waals surface area contributed by atoms with Gasteiger partial charge < -0.3 is 5.32 Å². The number of amides is 1. The first kappa shape index (κ1) is 19.6. The topological polar surface area (TPSA) is 90.2 Å². The van der Waals surface area contributed by atoms with E-state index >= 15 is 0 Å². The molecule has 0 aliphatic heterocycles. The van der Waals surface area contributed by atoms with E-state index < -0.39 is 21.3 Å². The highest BCUT2D eigenvalue weighted by atomic mass is 32.2. The minimum atomic E-state index is -3.58. The summed E-state index contributed by atoms with van der Waals surface area (Å²) >= 11 is 0. The number of rotatable bonds is 5. The number of sulfone groups is 1. The van der Waals surface area contributed by atoms with Crippen molar-refractivity contribution in [3.63, 3.8) is 0 Å². The van der Waals surface area contributed by atoms with Crippen molar-refractivity contribution in [3.8, 4) is 5.69 Å². The molecule has 0 bridgehead atoms. The SMILES string of the molecule is CCS(=O)(=O)c1ccccc1C(=O)Nc1c(C)n(C)n(-c2ccccc2)c1=O. The summed E-state index contributed by atoms with van der Waals surface area (Å²) in [6.07, 6.45) is 0. The van der Waals surface area contributed by atoms with Crippen molar-refractivity contribution in [1.82, 2.24) is 9.36 Å². The van der Waals surface area contributed by atoms with Crippen LogP contribution in [0.4, 0.5) is 5.69 Å². The van der Waals surface area contributed by atoms with Crippen LogP contribution >= 0.6 is 0 Å². The second-order valence-electron chi connectivity index (χ2n) is 6.29. The molecule has 3 aromatic rings. The van der Waals surface area contributed by atoms with E-state index in [0.717, 1.165) is 0 Å². The van der Waals surface area contributed by atoms with E-state index in [9.17, 15) is 18.0 Å². The molecule has 1 amide bonds. The molecule has 28 heavy (non-hydrogen) atoms. The minimum Gasteiger partial charge on any atom is -0.316 e. The van der Waals surface area contributed by atoms with Gasteiger partial charge in [-0.1, -0.05) is 37.3 Å². The van der Waals surface area contributed by atoms with Gasteiger partial charge in [-0.25, -0.2) is 13.1 Å². The maximum atomic E-state index is 12.9. The van der Waals surface area contributed by atoms with Gasteiger partial charge in [0.15, 0.2) is 9.84 Å². The molecule has 0 saturated heterocycles. The quantitative estimate of drug-likeness (QED) is 0.714. The summed E-state index contributed by atoms with van der Waals surface area (Å²) in [5.74, 6) is -0.763. The monoisotopic (exact) mass is 399 g/mol. The third kappa shape index (κ3) is 3.38. The molecule has 0 saturated carbocycles. The summed E-state index contributed by atoms with van der Waals surface area (Å²) in [6.45, 7) is 3.23. The molecule has 7 nitrogen and oxygen atoms in total. The predicted molar refractivity (Wildman–Crippen MR) is 108 cm³/mol. The van der Waals surface area contributed by atoms with E-state index in [1.807, 2.05) is 18.2 Å². The van der Waals surface area contributed by atoms with Gasteiger partial charge in [0.05, 0.1) is 27.6 Å². The van der Waals surface area contributed by atoms with Crippen molar-refractivity contribution in [1.29, 1.82) is 0 Å². The van der Waals surface area contributed by atoms with Crippen LogP contribution in [-0.2, 0) is 16.9 Å². The minimum absolute atomic E-state index is 0.0123. The number of aromatic nitrogens is 2. The Hall–Kier alpha value is -3.13. The number of para-hydroxylation sites is 1. The maximum Gasteiger partial charge on any atom is 0.295 e. The molecule has 0 fully saturated rings. The Morgan fingerprint density at radius 1 is 1.04 bits per heavy atom. The van der Waals surface area contributed by atoms with Crippen molar-refractivity contribution < 1.29 is 13.2 Å². The molecule has 0 unspecified atom stereocenters.